The highest BCUT2D eigenvalue weighted by atomic mass is 32.2. The fraction of sp³-hybridized carbons (Fsp3) is 1.00. The molecule has 0 aromatic heterocycles. The van der Waals surface area contributed by atoms with Crippen molar-refractivity contribution in [3.05, 3.63) is 0 Å². The summed E-state index contributed by atoms with van der Waals surface area (Å²) in [6.45, 7) is 4.45. The Morgan fingerprint density at radius 3 is 2.14 bits per heavy atom. The third-order valence-electron chi connectivity index (χ3n) is 2.01. The molecule has 0 saturated carbocycles. The van der Waals surface area contributed by atoms with Crippen LogP contribution in [0.2, 0.25) is 0 Å². The molecule has 0 heterocycles. The van der Waals surface area contributed by atoms with Gasteiger partial charge in [-0.1, -0.05) is 39.5 Å². The predicted molar refractivity (Wildman–Crippen MR) is 58.8 cm³/mol. The summed E-state index contributed by atoms with van der Waals surface area (Å²) in [5.74, 6) is 0.164. The molecule has 0 bridgehead atoms. The van der Waals surface area contributed by atoms with Crippen molar-refractivity contribution in [1.82, 2.24) is 0 Å². The van der Waals surface area contributed by atoms with Gasteiger partial charge < -0.3 is 0 Å². The molecule has 4 heteroatoms. The van der Waals surface area contributed by atoms with Crippen LogP contribution in [0.3, 0.4) is 0 Å². The van der Waals surface area contributed by atoms with E-state index in [0.717, 1.165) is 32.1 Å². The van der Waals surface area contributed by atoms with E-state index in [9.17, 15) is 8.42 Å². The summed E-state index contributed by atoms with van der Waals surface area (Å²) in [6, 6.07) is 0. The van der Waals surface area contributed by atoms with E-state index in [1.807, 2.05) is 6.92 Å². The lowest BCUT2D eigenvalue weighted by atomic mass is 10.2. The average molecular weight is 222 g/mol. The summed E-state index contributed by atoms with van der Waals surface area (Å²) >= 11 is 0. The first kappa shape index (κ1) is 13.9. The molecule has 0 radical (unpaired) electrons. The summed E-state index contributed by atoms with van der Waals surface area (Å²) in [5, 5.41) is 0. The second-order valence-electron chi connectivity index (χ2n) is 3.50. The highest BCUT2D eigenvalue weighted by Gasteiger charge is 2.09. The van der Waals surface area contributed by atoms with Gasteiger partial charge in [0.1, 0.15) is 0 Å². The lowest BCUT2D eigenvalue weighted by molar-refractivity contribution is 0.306. The molecule has 0 aromatic carbocycles. The number of rotatable bonds is 9. The molecular formula is C10H22O3S. The van der Waals surface area contributed by atoms with E-state index < -0.39 is 10.1 Å². The Kier molecular flexibility index (Phi) is 8.18. The molecule has 3 nitrogen and oxygen atoms in total. The normalized spacial score (nSPS) is 11.9. The summed E-state index contributed by atoms with van der Waals surface area (Å²) in [5.41, 5.74) is 0. The van der Waals surface area contributed by atoms with Crippen LogP contribution in [0.25, 0.3) is 0 Å². The minimum Gasteiger partial charge on any atom is -0.270 e. The van der Waals surface area contributed by atoms with Gasteiger partial charge in [-0.25, -0.2) is 0 Å². The third kappa shape index (κ3) is 8.51. The monoisotopic (exact) mass is 222 g/mol. The Morgan fingerprint density at radius 1 is 0.929 bits per heavy atom. The lowest BCUT2D eigenvalue weighted by Gasteiger charge is -2.04. The highest BCUT2D eigenvalue weighted by Crippen LogP contribution is 2.03. The molecular weight excluding hydrogens is 200 g/mol. The van der Waals surface area contributed by atoms with E-state index in [1.165, 1.54) is 0 Å². The zero-order chi connectivity index (χ0) is 10.9. The van der Waals surface area contributed by atoms with Crippen molar-refractivity contribution in [2.45, 2.75) is 52.4 Å². The predicted octanol–water partition coefficient (Wildman–Crippen LogP) is 2.71. The molecule has 0 amide bonds. The largest absolute Gasteiger partial charge is 0.270 e. The van der Waals surface area contributed by atoms with Crippen LogP contribution in [0.15, 0.2) is 0 Å². The van der Waals surface area contributed by atoms with Crippen LogP contribution in [0.1, 0.15) is 52.4 Å². The van der Waals surface area contributed by atoms with E-state index >= 15 is 0 Å². The summed E-state index contributed by atoms with van der Waals surface area (Å²) in [4.78, 5) is 0. The molecule has 0 saturated heterocycles. The maximum absolute atomic E-state index is 11.2. The van der Waals surface area contributed by atoms with E-state index in [-0.39, 0.29) is 5.75 Å². The summed E-state index contributed by atoms with van der Waals surface area (Å²) in [7, 11) is -3.23. The minimum absolute atomic E-state index is 0.164. The number of unbranched alkanes of at least 4 members (excludes halogenated alkanes) is 4. The van der Waals surface area contributed by atoms with Gasteiger partial charge in [0.2, 0.25) is 0 Å². The van der Waals surface area contributed by atoms with Crippen molar-refractivity contribution in [2.75, 3.05) is 12.4 Å². The van der Waals surface area contributed by atoms with Crippen LogP contribution < -0.4 is 0 Å². The molecule has 0 spiro atoms. The van der Waals surface area contributed by atoms with Crippen molar-refractivity contribution < 1.29 is 12.6 Å². The van der Waals surface area contributed by atoms with Gasteiger partial charge >= 0.3 is 0 Å². The molecule has 0 unspecified atom stereocenters. The average Bonchev–Trinajstić information content (AvgIpc) is 2.15. The lowest BCUT2D eigenvalue weighted by Crippen LogP contribution is -2.11. The molecule has 0 atom stereocenters. The van der Waals surface area contributed by atoms with E-state index in [1.54, 1.807) is 0 Å². The van der Waals surface area contributed by atoms with Crippen molar-refractivity contribution in [1.29, 1.82) is 0 Å². The Hall–Kier alpha value is -0.0900. The second kappa shape index (κ2) is 8.24. The third-order valence-corrected chi connectivity index (χ3v) is 3.32. The van der Waals surface area contributed by atoms with Crippen LogP contribution in [-0.4, -0.2) is 20.8 Å². The van der Waals surface area contributed by atoms with Gasteiger partial charge in [-0.3, -0.25) is 4.18 Å². The Morgan fingerprint density at radius 2 is 1.57 bits per heavy atom. The molecule has 86 valence electrons. The van der Waals surface area contributed by atoms with Crippen LogP contribution >= 0.6 is 0 Å². The van der Waals surface area contributed by atoms with Crippen molar-refractivity contribution >= 4 is 10.1 Å². The molecule has 0 aliphatic carbocycles. The first-order valence-electron chi connectivity index (χ1n) is 5.49. The molecule has 0 aliphatic heterocycles. The van der Waals surface area contributed by atoms with Gasteiger partial charge in [-0.15, -0.1) is 0 Å². The van der Waals surface area contributed by atoms with Crippen molar-refractivity contribution in [2.24, 2.45) is 0 Å². The van der Waals surface area contributed by atoms with Crippen molar-refractivity contribution in [3.8, 4) is 0 Å². The maximum Gasteiger partial charge on any atom is 0.267 e. The fourth-order valence-corrected chi connectivity index (χ4v) is 2.23. The van der Waals surface area contributed by atoms with E-state index in [0.29, 0.717) is 13.0 Å². The first-order valence-corrected chi connectivity index (χ1v) is 7.07. The van der Waals surface area contributed by atoms with Gasteiger partial charge in [-0.2, -0.15) is 8.42 Å². The number of hydrogen-bond donors (Lipinski definition) is 0. The SMILES string of the molecule is CCCCCCOS(=O)(=O)CCCC. The van der Waals surface area contributed by atoms with E-state index in [2.05, 4.69) is 6.92 Å². The molecule has 0 aliphatic rings. The van der Waals surface area contributed by atoms with Crippen molar-refractivity contribution in [3.63, 3.8) is 0 Å². The smallest absolute Gasteiger partial charge is 0.267 e. The molecule has 0 fully saturated rings. The van der Waals surface area contributed by atoms with Crippen LogP contribution in [0.4, 0.5) is 0 Å². The van der Waals surface area contributed by atoms with Gasteiger partial charge in [0.25, 0.3) is 10.1 Å². The minimum atomic E-state index is -3.23. The van der Waals surface area contributed by atoms with Gasteiger partial charge in [-0.05, 0) is 12.8 Å². The van der Waals surface area contributed by atoms with Crippen LogP contribution in [-0.2, 0) is 14.3 Å². The highest BCUT2D eigenvalue weighted by molar-refractivity contribution is 7.86. The topological polar surface area (TPSA) is 43.4 Å². The summed E-state index contributed by atoms with van der Waals surface area (Å²) < 4.78 is 27.3. The Labute approximate surface area is 88.0 Å². The standard InChI is InChI=1S/C10H22O3S/c1-3-5-7-8-9-13-14(11,12)10-6-4-2/h3-10H2,1-2H3. The van der Waals surface area contributed by atoms with Gasteiger partial charge in [0.05, 0.1) is 12.4 Å². The molecule has 0 aromatic rings. The first-order chi connectivity index (χ1) is 6.62. The van der Waals surface area contributed by atoms with Gasteiger partial charge in [0.15, 0.2) is 0 Å². The zero-order valence-corrected chi connectivity index (χ0v) is 10.1. The quantitative estimate of drug-likeness (QED) is 0.445. The second-order valence-corrected chi connectivity index (χ2v) is 5.26. The van der Waals surface area contributed by atoms with Gasteiger partial charge in [0, 0.05) is 0 Å². The number of hydrogen-bond acceptors (Lipinski definition) is 3. The molecule has 0 N–H and O–H groups in total. The van der Waals surface area contributed by atoms with Crippen LogP contribution in [0, 0.1) is 0 Å². The van der Waals surface area contributed by atoms with E-state index in [4.69, 9.17) is 4.18 Å². The molecule has 0 rings (SSSR count). The molecule has 14 heavy (non-hydrogen) atoms. The Balaban J connectivity index is 3.46. The van der Waals surface area contributed by atoms with Crippen LogP contribution in [0.5, 0.6) is 0 Å². The zero-order valence-electron chi connectivity index (χ0n) is 9.29. The fourth-order valence-electron chi connectivity index (χ4n) is 1.09. The summed E-state index contributed by atoms with van der Waals surface area (Å²) in [6.07, 6.45) is 5.79. The maximum atomic E-state index is 11.2. The Bertz CT molecular complexity index is 209.